The highest BCUT2D eigenvalue weighted by molar-refractivity contribution is 7.86. The molecule has 0 aliphatic heterocycles. The molecule has 0 aliphatic carbocycles. The zero-order valence-corrected chi connectivity index (χ0v) is 8.11. The molecule has 0 aliphatic rings. The van der Waals surface area contributed by atoms with E-state index in [-0.39, 0.29) is 11.3 Å². The van der Waals surface area contributed by atoms with Crippen molar-refractivity contribution in [1.29, 1.82) is 0 Å². The van der Waals surface area contributed by atoms with E-state index in [1.54, 1.807) is 0 Å². The normalized spacial score (nSPS) is 10.9. The third-order valence-corrected chi connectivity index (χ3v) is 1.84. The van der Waals surface area contributed by atoms with E-state index in [4.69, 9.17) is 5.11 Å². The highest BCUT2D eigenvalue weighted by Gasteiger charge is 2.06. The first kappa shape index (κ1) is 10.5. The maximum absolute atomic E-state index is 10.7. The van der Waals surface area contributed by atoms with E-state index in [0.717, 1.165) is 6.26 Å². The molecule has 0 saturated heterocycles. The molecule has 0 aromatic heterocycles. The Kier molecular flexibility index (Phi) is 2.76. The topological polar surface area (TPSA) is 80.7 Å². The molecule has 5 nitrogen and oxygen atoms in total. The molecule has 0 atom stereocenters. The van der Waals surface area contributed by atoms with Crippen molar-refractivity contribution in [2.45, 2.75) is 0 Å². The van der Waals surface area contributed by atoms with Gasteiger partial charge >= 0.3 is 16.1 Å². The molecule has 0 saturated carbocycles. The number of hydrogen-bond acceptors (Lipinski definition) is 4. The summed E-state index contributed by atoms with van der Waals surface area (Å²) in [6, 6.07) is 5.10. The number of carboxylic acid groups (broad SMARTS) is 1. The largest absolute Gasteiger partial charge is 0.478 e. The average molecular weight is 216 g/mol. The van der Waals surface area contributed by atoms with Crippen LogP contribution in [0.1, 0.15) is 10.4 Å². The van der Waals surface area contributed by atoms with Crippen LogP contribution in [0.25, 0.3) is 0 Å². The molecule has 1 aromatic carbocycles. The van der Waals surface area contributed by atoms with Crippen LogP contribution in [0.15, 0.2) is 24.3 Å². The summed E-state index contributed by atoms with van der Waals surface area (Å²) in [7, 11) is -3.56. The second kappa shape index (κ2) is 3.67. The Hall–Kier alpha value is -1.56. The highest BCUT2D eigenvalue weighted by atomic mass is 32.2. The molecule has 1 rings (SSSR count). The molecule has 0 bridgehead atoms. The average Bonchev–Trinajstić information content (AvgIpc) is 2.02. The number of benzene rings is 1. The minimum absolute atomic E-state index is 0.0749. The Morgan fingerprint density at radius 3 is 2.14 bits per heavy atom. The molecule has 1 aromatic rings. The van der Waals surface area contributed by atoms with Crippen LogP contribution < -0.4 is 4.18 Å². The van der Waals surface area contributed by atoms with E-state index in [1.165, 1.54) is 24.3 Å². The number of aromatic carboxylic acids is 1. The van der Waals surface area contributed by atoms with Gasteiger partial charge in [0.25, 0.3) is 0 Å². The van der Waals surface area contributed by atoms with E-state index in [1.807, 2.05) is 0 Å². The fourth-order valence-electron chi connectivity index (χ4n) is 0.828. The molecule has 0 amide bonds. The zero-order valence-electron chi connectivity index (χ0n) is 7.30. The maximum Gasteiger partial charge on any atom is 0.335 e. The highest BCUT2D eigenvalue weighted by Crippen LogP contribution is 2.13. The number of rotatable bonds is 3. The minimum atomic E-state index is -3.56. The zero-order chi connectivity index (χ0) is 10.8. The number of carboxylic acids is 1. The Bertz CT molecular complexity index is 431. The van der Waals surface area contributed by atoms with Crippen LogP contribution in [0.3, 0.4) is 0 Å². The molecule has 0 spiro atoms. The summed E-state index contributed by atoms with van der Waals surface area (Å²) >= 11 is 0. The van der Waals surface area contributed by atoms with E-state index < -0.39 is 16.1 Å². The Balaban J connectivity index is 2.90. The lowest BCUT2D eigenvalue weighted by Crippen LogP contribution is -2.06. The molecule has 14 heavy (non-hydrogen) atoms. The van der Waals surface area contributed by atoms with Crippen molar-refractivity contribution >= 4 is 16.1 Å². The molecule has 6 heteroatoms. The Morgan fingerprint density at radius 1 is 1.29 bits per heavy atom. The van der Waals surface area contributed by atoms with Crippen LogP contribution in [0.2, 0.25) is 0 Å². The van der Waals surface area contributed by atoms with Gasteiger partial charge < -0.3 is 9.29 Å². The van der Waals surface area contributed by atoms with Crippen molar-refractivity contribution in [3.8, 4) is 5.75 Å². The van der Waals surface area contributed by atoms with Crippen molar-refractivity contribution < 1.29 is 22.5 Å². The summed E-state index contributed by atoms with van der Waals surface area (Å²) in [6.45, 7) is 0. The van der Waals surface area contributed by atoms with Gasteiger partial charge in [0.1, 0.15) is 5.75 Å². The van der Waals surface area contributed by atoms with Gasteiger partial charge in [0, 0.05) is 0 Å². The van der Waals surface area contributed by atoms with Gasteiger partial charge in [-0.1, -0.05) is 0 Å². The predicted octanol–water partition coefficient (Wildman–Crippen LogP) is 0.723. The molecule has 1 N–H and O–H groups in total. The van der Waals surface area contributed by atoms with E-state index in [2.05, 4.69) is 4.18 Å². The second-order valence-electron chi connectivity index (χ2n) is 2.62. The maximum atomic E-state index is 10.7. The molecule has 0 heterocycles. The molecule has 0 unspecified atom stereocenters. The lowest BCUT2D eigenvalue weighted by atomic mass is 10.2. The van der Waals surface area contributed by atoms with Gasteiger partial charge in [-0.25, -0.2) is 4.79 Å². The molecular formula is C8H8O5S. The smallest absolute Gasteiger partial charge is 0.335 e. The van der Waals surface area contributed by atoms with Gasteiger partial charge in [-0.2, -0.15) is 8.42 Å². The van der Waals surface area contributed by atoms with Crippen molar-refractivity contribution in [2.75, 3.05) is 6.26 Å². The van der Waals surface area contributed by atoms with Crippen LogP contribution in [0.4, 0.5) is 0 Å². The van der Waals surface area contributed by atoms with E-state index in [9.17, 15) is 13.2 Å². The van der Waals surface area contributed by atoms with E-state index in [0.29, 0.717) is 0 Å². The fourth-order valence-corrected chi connectivity index (χ4v) is 1.29. The third-order valence-electron chi connectivity index (χ3n) is 1.35. The first-order chi connectivity index (χ1) is 6.38. The summed E-state index contributed by atoms with van der Waals surface area (Å²) in [4.78, 5) is 10.4. The summed E-state index contributed by atoms with van der Waals surface area (Å²) in [5.74, 6) is -0.978. The van der Waals surface area contributed by atoms with Gasteiger partial charge in [-0.3, -0.25) is 0 Å². The van der Waals surface area contributed by atoms with Crippen LogP contribution in [-0.4, -0.2) is 25.7 Å². The van der Waals surface area contributed by atoms with Crippen LogP contribution >= 0.6 is 0 Å². The lowest BCUT2D eigenvalue weighted by Gasteiger charge is -2.02. The SMILES string of the molecule is CS(=O)(=O)Oc1ccc(C(=O)O)cc1. The van der Waals surface area contributed by atoms with Crippen molar-refractivity contribution in [1.82, 2.24) is 0 Å². The lowest BCUT2D eigenvalue weighted by molar-refractivity contribution is 0.0697. The quantitative estimate of drug-likeness (QED) is 0.753. The second-order valence-corrected chi connectivity index (χ2v) is 4.19. The fraction of sp³-hybridized carbons (Fsp3) is 0.125. The van der Waals surface area contributed by atoms with Crippen LogP contribution in [-0.2, 0) is 10.1 Å². The van der Waals surface area contributed by atoms with Crippen LogP contribution in [0.5, 0.6) is 5.75 Å². The third kappa shape index (κ3) is 3.06. The summed E-state index contributed by atoms with van der Waals surface area (Å²) in [5, 5.41) is 8.55. The summed E-state index contributed by atoms with van der Waals surface area (Å²) in [5.41, 5.74) is 0.0749. The monoisotopic (exact) mass is 216 g/mol. The van der Waals surface area contributed by atoms with Gasteiger partial charge in [-0.05, 0) is 24.3 Å². The van der Waals surface area contributed by atoms with Crippen LogP contribution in [0, 0.1) is 0 Å². The van der Waals surface area contributed by atoms with E-state index >= 15 is 0 Å². The first-order valence-electron chi connectivity index (χ1n) is 3.61. The number of hydrogen-bond donors (Lipinski definition) is 1. The molecule has 0 fully saturated rings. The standard InChI is InChI=1S/C8H8O5S/c1-14(11,12)13-7-4-2-6(3-5-7)8(9)10/h2-5H,1H3,(H,9,10). The number of carbonyl (C=O) groups is 1. The summed E-state index contributed by atoms with van der Waals surface area (Å²) in [6.07, 6.45) is 0.915. The van der Waals surface area contributed by atoms with Crippen molar-refractivity contribution in [3.05, 3.63) is 29.8 Å². The van der Waals surface area contributed by atoms with Crippen molar-refractivity contribution in [3.63, 3.8) is 0 Å². The Labute approximate surface area is 81.1 Å². The Morgan fingerprint density at radius 2 is 1.79 bits per heavy atom. The molecule has 0 radical (unpaired) electrons. The minimum Gasteiger partial charge on any atom is -0.478 e. The molecule has 76 valence electrons. The van der Waals surface area contributed by atoms with Gasteiger partial charge in [0.2, 0.25) is 0 Å². The predicted molar refractivity (Wildman–Crippen MR) is 48.9 cm³/mol. The van der Waals surface area contributed by atoms with Gasteiger partial charge in [0.15, 0.2) is 0 Å². The summed E-state index contributed by atoms with van der Waals surface area (Å²) < 4.78 is 25.9. The van der Waals surface area contributed by atoms with Gasteiger partial charge in [-0.15, -0.1) is 0 Å². The van der Waals surface area contributed by atoms with Gasteiger partial charge in [0.05, 0.1) is 11.8 Å². The van der Waals surface area contributed by atoms with Crippen molar-refractivity contribution in [2.24, 2.45) is 0 Å². The first-order valence-corrected chi connectivity index (χ1v) is 5.43. The molecular weight excluding hydrogens is 208 g/mol.